The monoisotopic (exact) mass is 416 g/mol. The summed E-state index contributed by atoms with van der Waals surface area (Å²) in [5.41, 5.74) is 0. The molecule has 0 spiro atoms. The van der Waals surface area contributed by atoms with Gasteiger partial charge in [-0.1, -0.05) is 26.7 Å². The first-order chi connectivity index (χ1) is 12.2. The van der Waals surface area contributed by atoms with Crippen LogP contribution in [0.4, 0.5) is 35.1 Å². The van der Waals surface area contributed by atoms with Crippen LogP contribution in [0.15, 0.2) is 0 Å². The summed E-state index contributed by atoms with van der Waals surface area (Å²) in [6.45, 7) is 1.22. The lowest BCUT2D eigenvalue weighted by atomic mass is 10.1. The summed E-state index contributed by atoms with van der Waals surface area (Å²) in [5.74, 6) is -20.9. The molecule has 0 aliphatic heterocycles. The van der Waals surface area contributed by atoms with Gasteiger partial charge in [-0.15, -0.1) is 0 Å². The standard InChI is InChI=1S/C15H20F8O4/c1-3-9(4-2)7-26-10(24)5-6-11(25)27-8-13(18,19)15(22,23)14(20,21)12(16)17/h9,12H,3-8H2,1-2H3. The van der Waals surface area contributed by atoms with E-state index in [0.29, 0.717) is 0 Å². The van der Waals surface area contributed by atoms with Crippen LogP contribution in [0.3, 0.4) is 0 Å². The van der Waals surface area contributed by atoms with Gasteiger partial charge in [-0.25, -0.2) is 8.78 Å². The molecule has 0 fully saturated rings. The van der Waals surface area contributed by atoms with Crippen molar-refractivity contribution in [2.24, 2.45) is 5.92 Å². The minimum atomic E-state index is -6.46. The molecule has 0 N–H and O–H groups in total. The minimum absolute atomic E-state index is 0.0634. The van der Waals surface area contributed by atoms with Crippen LogP contribution in [0, 0.1) is 5.92 Å². The lowest BCUT2D eigenvalue weighted by Gasteiger charge is -2.31. The van der Waals surface area contributed by atoms with E-state index in [1.165, 1.54) is 0 Å². The molecule has 0 atom stereocenters. The van der Waals surface area contributed by atoms with Crippen molar-refractivity contribution in [1.82, 2.24) is 0 Å². The number of carbonyl (C=O) groups excluding carboxylic acids is 2. The molecule has 160 valence electrons. The molecule has 12 heteroatoms. The Morgan fingerprint density at radius 3 is 1.70 bits per heavy atom. The van der Waals surface area contributed by atoms with Crippen LogP contribution in [0.1, 0.15) is 39.5 Å². The second kappa shape index (κ2) is 10.1. The van der Waals surface area contributed by atoms with Crippen molar-refractivity contribution in [3.05, 3.63) is 0 Å². The molecule has 0 aromatic carbocycles. The van der Waals surface area contributed by atoms with Crippen molar-refractivity contribution >= 4 is 11.9 Å². The van der Waals surface area contributed by atoms with Gasteiger partial charge in [-0.05, 0) is 5.92 Å². The number of carbonyl (C=O) groups is 2. The third-order valence-corrected chi connectivity index (χ3v) is 3.73. The van der Waals surface area contributed by atoms with Gasteiger partial charge in [0.05, 0.1) is 19.4 Å². The molecule has 0 amide bonds. The predicted molar refractivity (Wildman–Crippen MR) is 76.1 cm³/mol. The normalized spacial score (nSPS) is 13.2. The van der Waals surface area contributed by atoms with Gasteiger partial charge in [0.1, 0.15) is 0 Å². The maximum atomic E-state index is 13.2. The second-order valence-electron chi connectivity index (χ2n) is 5.73. The fourth-order valence-corrected chi connectivity index (χ4v) is 1.73. The summed E-state index contributed by atoms with van der Waals surface area (Å²) < 4.78 is 110. The average molecular weight is 416 g/mol. The fourth-order valence-electron chi connectivity index (χ4n) is 1.73. The molecule has 0 unspecified atom stereocenters. The van der Waals surface area contributed by atoms with Crippen LogP contribution >= 0.6 is 0 Å². The van der Waals surface area contributed by atoms with Gasteiger partial charge in [0.15, 0.2) is 6.61 Å². The first-order valence-electron chi connectivity index (χ1n) is 7.95. The van der Waals surface area contributed by atoms with E-state index in [1.807, 2.05) is 13.8 Å². The Morgan fingerprint density at radius 2 is 1.30 bits per heavy atom. The molecular weight excluding hydrogens is 396 g/mol. The van der Waals surface area contributed by atoms with Crippen LogP contribution < -0.4 is 0 Å². The number of rotatable bonds is 12. The van der Waals surface area contributed by atoms with E-state index in [9.17, 15) is 44.7 Å². The van der Waals surface area contributed by atoms with Crippen molar-refractivity contribution in [1.29, 1.82) is 0 Å². The van der Waals surface area contributed by atoms with Crippen molar-refractivity contribution < 1.29 is 54.2 Å². The van der Waals surface area contributed by atoms with Gasteiger partial charge >= 0.3 is 36.1 Å². The van der Waals surface area contributed by atoms with Crippen LogP contribution in [-0.4, -0.2) is 49.3 Å². The van der Waals surface area contributed by atoms with Gasteiger partial charge in [-0.2, -0.15) is 26.3 Å². The van der Waals surface area contributed by atoms with E-state index in [0.717, 1.165) is 12.8 Å². The first kappa shape index (κ1) is 25.4. The van der Waals surface area contributed by atoms with Crippen molar-refractivity contribution in [2.45, 2.75) is 63.7 Å². The third kappa shape index (κ3) is 6.80. The molecular formula is C15H20F8O4. The van der Waals surface area contributed by atoms with E-state index in [2.05, 4.69) is 4.74 Å². The number of hydrogen-bond acceptors (Lipinski definition) is 4. The zero-order valence-corrected chi connectivity index (χ0v) is 14.6. The number of alkyl halides is 8. The number of halogens is 8. The fraction of sp³-hybridized carbons (Fsp3) is 0.867. The molecule has 0 saturated carbocycles. The molecule has 0 heterocycles. The number of hydrogen-bond donors (Lipinski definition) is 0. The zero-order valence-electron chi connectivity index (χ0n) is 14.6. The summed E-state index contributed by atoms with van der Waals surface area (Å²) in [5, 5.41) is 0. The van der Waals surface area contributed by atoms with E-state index >= 15 is 0 Å². The molecule has 0 saturated heterocycles. The van der Waals surface area contributed by atoms with Gasteiger partial charge in [0, 0.05) is 0 Å². The van der Waals surface area contributed by atoms with E-state index in [4.69, 9.17) is 4.74 Å². The Morgan fingerprint density at radius 1 is 0.852 bits per heavy atom. The first-order valence-corrected chi connectivity index (χ1v) is 7.95. The van der Waals surface area contributed by atoms with Gasteiger partial charge in [0.2, 0.25) is 0 Å². The van der Waals surface area contributed by atoms with Crippen molar-refractivity contribution in [3.63, 3.8) is 0 Å². The number of ether oxygens (including phenoxy) is 2. The smallest absolute Gasteiger partial charge is 0.381 e. The molecule has 0 aromatic heterocycles. The quantitative estimate of drug-likeness (QED) is 0.348. The highest BCUT2D eigenvalue weighted by molar-refractivity contribution is 5.77. The molecule has 27 heavy (non-hydrogen) atoms. The predicted octanol–water partition coefficient (Wildman–Crippen LogP) is 4.46. The lowest BCUT2D eigenvalue weighted by molar-refractivity contribution is -0.344. The molecule has 0 radical (unpaired) electrons. The molecule has 0 aliphatic carbocycles. The Kier molecular flexibility index (Phi) is 9.47. The molecule has 0 rings (SSSR count). The summed E-state index contributed by atoms with van der Waals surface area (Å²) in [4.78, 5) is 22.6. The van der Waals surface area contributed by atoms with E-state index in [1.54, 1.807) is 0 Å². The summed E-state index contributed by atoms with van der Waals surface area (Å²) >= 11 is 0. The van der Waals surface area contributed by atoms with Crippen LogP contribution in [-0.2, 0) is 19.1 Å². The summed E-state index contributed by atoms with van der Waals surface area (Å²) in [7, 11) is 0. The Balaban J connectivity index is 4.54. The molecule has 0 aliphatic rings. The topological polar surface area (TPSA) is 52.6 Å². The van der Waals surface area contributed by atoms with Crippen LogP contribution in [0.25, 0.3) is 0 Å². The highest BCUT2D eigenvalue weighted by atomic mass is 19.4. The maximum Gasteiger partial charge on any atom is 0.381 e. The largest absolute Gasteiger partial charge is 0.465 e. The van der Waals surface area contributed by atoms with Crippen molar-refractivity contribution in [2.75, 3.05) is 13.2 Å². The zero-order chi connectivity index (χ0) is 21.5. The minimum Gasteiger partial charge on any atom is -0.465 e. The third-order valence-electron chi connectivity index (χ3n) is 3.73. The summed E-state index contributed by atoms with van der Waals surface area (Å²) in [6.07, 6.45) is -5.07. The molecule has 4 nitrogen and oxygen atoms in total. The van der Waals surface area contributed by atoms with Crippen LogP contribution in [0.2, 0.25) is 0 Å². The Labute approximate surface area is 150 Å². The van der Waals surface area contributed by atoms with E-state index < -0.39 is 55.6 Å². The van der Waals surface area contributed by atoms with Gasteiger partial charge in [-0.3, -0.25) is 9.59 Å². The van der Waals surface area contributed by atoms with Crippen molar-refractivity contribution in [3.8, 4) is 0 Å². The van der Waals surface area contributed by atoms with E-state index in [-0.39, 0.29) is 12.5 Å². The second-order valence-corrected chi connectivity index (χ2v) is 5.73. The SMILES string of the molecule is CCC(CC)COC(=O)CCC(=O)OCC(F)(F)C(F)(F)C(F)(F)C(F)F. The molecule has 0 aromatic rings. The summed E-state index contributed by atoms with van der Waals surface area (Å²) in [6, 6.07) is 0. The average Bonchev–Trinajstić information content (AvgIpc) is 2.58. The Bertz CT molecular complexity index is 492. The highest BCUT2D eigenvalue weighted by Gasteiger charge is 2.75. The maximum absolute atomic E-state index is 13.2. The highest BCUT2D eigenvalue weighted by Crippen LogP contribution is 2.48. The van der Waals surface area contributed by atoms with Gasteiger partial charge in [0.25, 0.3) is 0 Å². The van der Waals surface area contributed by atoms with Crippen LogP contribution in [0.5, 0.6) is 0 Å². The van der Waals surface area contributed by atoms with Gasteiger partial charge < -0.3 is 9.47 Å². The Hall–Kier alpha value is -1.62. The molecule has 0 bridgehead atoms. The lowest BCUT2D eigenvalue weighted by Crippen LogP contribution is -2.59. The number of esters is 2.